The summed E-state index contributed by atoms with van der Waals surface area (Å²) in [6.45, 7) is 0.589. The number of carbonyl (C=O) groups excluding carboxylic acids is 2. The molecule has 0 aromatic rings. The number of hydrogen-bond acceptors (Lipinski definition) is 3. The fraction of sp³-hybridized carbons (Fsp3) is 0.875. The van der Waals surface area contributed by atoms with Gasteiger partial charge in [-0.05, 0) is 44.4 Å². The summed E-state index contributed by atoms with van der Waals surface area (Å²) < 4.78 is 0. The monoisotopic (exact) mass is 279 g/mol. The number of aliphatic hydroxyl groups excluding tert-OH is 1. The quantitative estimate of drug-likeness (QED) is 0.789. The SMILES string of the molecule is O=C1CC2(CCCCC2)C(=O)N1CC1CCC(O)CC1. The normalized spacial score (nSPS) is 34.0. The minimum absolute atomic E-state index is 0.0445. The maximum absolute atomic E-state index is 12.7. The van der Waals surface area contributed by atoms with Gasteiger partial charge in [0.1, 0.15) is 0 Å². The van der Waals surface area contributed by atoms with E-state index in [1.165, 1.54) is 6.42 Å². The molecule has 1 N–H and O–H groups in total. The van der Waals surface area contributed by atoms with Crippen molar-refractivity contribution in [1.82, 2.24) is 4.90 Å². The van der Waals surface area contributed by atoms with Crippen LogP contribution in [0.4, 0.5) is 0 Å². The minimum atomic E-state index is -0.344. The number of imide groups is 1. The van der Waals surface area contributed by atoms with Gasteiger partial charge >= 0.3 is 0 Å². The number of aliphatic hydroxyl groups is 1. The van der Waals surface area contributed by atoms with E-state index in [0.717, 1.165) is 51.4 Å². The van der Waals surface area contributed by atoms with Gasteiger partial charge in [0.05, 0.1) is 11.5 Å². The van der Waals surface area contributed by atoms with E-state index in [-0.39, 0.29) is 23.3 Å². The van der Waals surface area contributed by atoms with E-state index in [0.29, 0.717) is 18.9 Å². The lowest BCUT2D eigenvalue weighted by Crippen LogP contribution is -2.40. The molecule has 20 heavy (non-hydrogen) atoms. The van der Waals surface area contributed by atoms with Crippen molar-refractivity contribution in [2.75, 3.05) is 6.54 Å². The van der Waals surface area contributed by atoms with Crippen molar-refractivity contribution in [3.05, 3.63) is 0 Å². The Balaban J connectivity index is 1.65. The van der Waals surface area contributed by atoms with Gasteiger partial charge in [0.2, 0.25) is 11.8 Å². The highest BCUT2D eigenvalue weighted by molar-refractivity contribution is 6.05. The Labute approximate surface area is 120 Å². The molecule has 0 unspecified atom stereocenters. The van der Waals surface area contributed by atoms with Crippen LogP contribution in [0.15, 0.2) is 0 Å². The van der Waals surface area contributed by atoms with Gasteiger partial charge in [-0.2, -0.15) is 0 Å². The number of amides is 2. The van der Waals surface area contributed by atoms with Gasteiger partial charge in [-0.3, -0.25) is 14.5 Å². The molecule has 2 saturated carbocycles. The van der Waals surface area contributed by atoms with E-state index in [1.807, 2.05) is 0 Å². The topological polar surface area (TPSA) is 57.6 Å². The lowest BCUT2D eigenvalue weighted by atomic mass is 9.73. The first kappa shape index (κ1) is 14.1. The summed E-state index contributed by atoms with van der Waals surface area (Å²) in [7, 11) is 0. The second kappa shape index (κ2) is 5.47. The van der Waals surface area contributed by atoms with Crippen molar-refractivity contribution in [3.63, 3.8) is 0 Å². The molecule has 1 saturated heterocycles. The third kappa shape index (κ3) is 2.50. The van der Waals surface area contributed by atoms with E-state index in [2.05, 4.69) is 0 Å². The highest BCUT2D eigenvalue weighted by Crippen LogP contribution is 2.45. The van der Waals surface area contributed by atoms with Crippen LogP contribution < -0.4 is 0 Å². The number of carbonyl (C=O) groups is 2. The molecule has 0 aromatic heterocycles. The number of rotatable bonds is 2. The van der Waals surface area contributed by atoms with Crippen LogP contribution in [0.5, 0.6) is 0 Å². The van der Waals surface area contributed by atoms with Gasteiger partial charge in [-0.1, -0.05) is 19.3 Å². The van der Waals surface area contributed by atoms with E-state index in [1.54, 1.807) is 4.90 Å². The molecule has 1 aliphatic heterocycles. The summed E-state index contributed by atoms with van der Waals surface area (Å²) in [6.07, 6.45) is 8.93. The zero-order valence-corrected chi connectivity index (χ0v) is 12.1. The summed E-state index contributed by atoms with van der Waals surface area (Å²) in [5.74, 6) is 0.543. The molecule has 1 spiro atoms. The third-order valence-corrected chi connectivity index (χ3v) is 5.56. The van der Waals surface area contributed by atoms with Crippen LogP contribution in [0.2, 0.25) is 0 Å². The van der Waals surface area contributed by atoms with Crippen LogP contribution in [0.3, 0.4) is 0 Å². The van der Waals surface area contributed by atoms with Gasteiger partial charge in [0, 0.05) is 13.0 Å². The minimum Gasteiger partial charge on any atom is -0.393 e. The van der Waals surface area contributed by atoms with Crippen LogP contribution in [-0.4, -0.2) is 34.5 Å². The first-order valence-corrected chi connectivity index (χ1v) is 8.14. The molecular formula is C16H25NO3. The fourth-order valence-corrected chi connectivity index (χ4v) is 4.25. The smallest absolute Gasteiger partial charge is 0.235 e. The fourth-order valence-electron chi connectivity index (χ4n) is 4.25. The molecule has 112 valence electrons. The summed E-state index contributed by atoms with van der Waals surface area (Å²) in [5.41, 5.74) is -0.344. The number of hydrogen-bond donors (Lipinski definition) is 1. The largest absolute Gasteiger partial charge is 0.393 e. The van der Waals surface area contributed by atoms with Crippen molar-refractivity contribution in [3.8, 4) is 0 Å². The Morgan fingerprint density at radius 2 is 1.70 bits per heavy atom. The summed E-state index contributed by atoms with van der Waals surface area (Å²) in [6, 6.07) is 0. The second-order valence-electron chi connectivity index (χ2n) is 7.00. The highest BCUT2D eigenvalue weighted by atomic mass is 16.3. The summed E-state index contributed by atoms with van der Waals surface area (Å²) >= 11 is 0. The Kier molecular flexibility index (Phi) is 3.85. The maximum Gasteiger partial charge on any atom is 0.235 e. The Morgan fingerprint density at radius 3 is 2.35 bits per heavy atom. The molecular weight excluding hydrogens is 254 g/mol. The first-order chi connectivity index (χ1) is 9.61. The van der Waals surface area contributed by atoms with Crippen LogP contribution in [0, 0.1) is 11.3 Å². The average molecular weight is 279 g/mol. The van der Waals surface area contributed by atoms with Crippen molar-refractivity contribution in [2.45, 2.75) is 70.3 Å². The molecule has 3 aliphatic rings. The van der Waals surface area contributed by atoms with Crippen molar-refractivity contribution in [2.24, 2.45) is 11.3 Å². The summed E-state index contributed by atoms with van der Waals surface area (Å²) in [4.78, 5) is 26.5. The van der Waals surface area contributed by atoms with Gasteiger partial charge in [-0.15, -0.1) is 0 Å². The number of likely N-dealkylation sites (tertiary alicyclic amines) is 1. The van der Waals surface area contributed by atoms with E-state index < -0.39 is 0 Å². The first-order valence-electron chi connectivity index (χ1n) is 8.14. The molecule has 0 aromatic carbocycles. The van der Waals surface area contributed by atoms with Crippen molar-refractivity contribution >= 4 is 11.8 Å². The van der Waals surface area contributed by atoms with Crippen LogP contribution in [0.1, 0.15) is 64.2 Å². The predicted octanol–water partition coefficient (Wildman–Crippen LogP) is 2.25. The molecule has 0 atom stereocenters. The lowest BCUT2D eigenvalue weighted by molar-refractivity contribution is -0.143. The number of nitrogens with zero attached hydrogens (tertiary/aromatic N) is 1. The molecule has 2 aliphatic carbocycles. The predicted molar refractivity (Wildman–Crippen MR) is 74.8 cm³/mol. The van der Waals surface area contributed by atoms with Crippen LogP contribution in [-0.2, 0) is 9.59 Å². The molecule has 4 nitrogen and oxygen atoms in total. The second-order valence-corrected chi connectivity index (χ2v) is 7.00. The van der Waals surface area contributed by atoms with Gasteiger partial charge in [0.25, 0.3) is 0 Å². The lowest BCUT2D eigenvalue weighted by Gasteiger charge is -2.32. The Morgan fingerprint density at radius 1 is 1.05 bits per heavy atom. The van der Waals surface area contributed by atoms with Crippen molar-refractivity contribution < 1.29 is 14.7 Å². The van der Waals surface area contributed by atoms with Gasteiger partial charge < -0.3 is 5.11 Å². The Bertz CT molecular complexity index is 393. The molecule has 1 heterocycles. The maximum atomic E-state index is 12.7. The Hall–Kier alpha value is -0.900. The molecule has 3 rings (SSSR count). The van der Waals surface area contributed by atoms with Gasteiger partial charge in [0.15, 0.2) is 0 Å². The van der Waals surface area contributed by atoms with E-state index in [9.17, 15) is 14.7 Å². The zero-order chi connectivity index (χ0) is 14.2. The van der Waals surface area contributed by atoms with Gasteiger partial charge in [-0.25, -0.2) is 0 Å². The third-order valence-electron chi connectivity index (χ3n) is 5.56. The molecule has 2 amide bonds. The highest BCUT2D eigenvalue weighted by Gasteiger charge is 2.51. The average Bonchev–Trinajstić information content (AvgIpc) is 2.67. The van der Waals surface area contributed by atoms with E-state index in [4.69, 9.17) is 0 Å². The molecule has 3 fully saturated rings. The molecule has 0 radical (unpaired) electrons. The zero-order valence-electron chi connectivity index (χ0n) is 12.1. The molecule has 0 bridgehead atoms. The molecule has 4 heteroatoms. The van der Waals surface area contributed by atoms with Crippen LogP contribution in [0.25, 0.3) is 0 Å². The van der Waals surface area contributed by atoms with E-state index >= 15 is 0 Å². The van der Waals surface area contributed by atoms with Crippen molar-refractivity contribution in [1.29, 1.82) is 0 Å². The standard InChI is InChI=1S/C16H25NO3/c18-13-6-4-12(5-7-13)11-17-14(19)10-16(15(17)20)8-2-1-3-9-16/h12-13,18H,1-11H2. The van der Waals surface area contributed by atoms with Crippen LogP contribution >= 0.6 is 0 Å². The summed E-state index contributed by atoms with van der Waals surface area (Å²) in [5, 5.41) is 9.54.